The highest BCUT2D eigenvalue weighted by atomic mass is 35.5. The minimum absolute atomic E-state index is 0.197. The third-order valence-electron chi connectivity index (χ3n) is 1.75. The van der Waals surface area contributed by atoms with Gasteiger partial charge in [-0.25, -0.2) is 0 Å². The summed E-state index contributed by atoms with van der Waals surface area (Å²) in [5, 5.41) is 3.29. The summed E-state index contributed by atoms with van der Waals surface area (Å²) < 4.78 is 5.83. The van der Waals surface area contributed by atoms with Crippen molar-refractivity contribution < 1.29 is 4.74 Å². The van der Waals surface area contributed by atoms with Crippen LogP contribution in [0, 0.1) is 0 Å². The van der Waals surface area contributed by atoms with Crippen molar-refractivity contribution in [3.63, 3.8) is 0 Å². The second-order valence-corrected chi connectivity index (χ2v) is 5.00. The van der Waals surface area contributed by atoms with Crippen LogP contribution in [0.1, 0.15) is 4.88 Å². The molecule has 1 unspecified atom stereocenters. The van der Waals surface area contributed by atoms with Crippen molar-refractivity contribution in [3.8, 4) is 0 Å². The third-order valence-corrected chi connectivity index (χ3v) is 3.35. The van der Waals surface area contributed by atoms with Gasteiger partial charge in [-0.3, -0.25) is 0 Å². The topological polar surface area (TPSA) is 21.3 Å². The van der Waals surface area contributed by atoms with E-state index in [9.17, 15) is 0 Å². The van der Waals surface area contributed by atoms with Crippen molar-refractivity contribution in [1.29, 1.82) is 0 Å². The van der Waals surface area contributed by atoms with Gasteiger partial charge in [0.05, 0.1) is 10.9 Å². The Hall–Kier alpha value is 0.200. The first-order valence-corrected chi connectivity index (χ1v) is 6.01. The monoisotopic (exact) mass is 253 g/mol. The predicted molar refractivity (Wildman–Crippen MR) is 62.6 cm³/mol. The molecule has 0 aliphatic rings. The van der Waals surface area contributed by atoms with E-state index in [0.717, 1.165) is 10.9 Å². The lowest BCUT2D eigenvalue weighted by Crippen LogP contribution is -2.34. The Morgan fingerprint density at radius 3 is 2.86 bits per heavy atom. The van der Waals surface area contributed by atoms with E-state index in [-0.39, 0.29) is 6.04 Å². The molecule has 0 saturated heterocycles. The molecule has 0 aromatic carbocycles. The van der Waals surface area contributed by atoms with E-state index < -0.39 is 0 Å². The highest BCUT2D eigenvalue weighted by molar-refractivity contribution is 7.16. The highest BCUT2D eigenvalue weighted by Crippen LogP contribution is 2.21. The van der Waals surface area contributed by atoms with Crippen LogP contribution in [0.15, 0.2) is 12.1 Å². The number of rotatable bonds is 6. The molecular formula is C9H13Cl2NOS. The predicted octanol–water partition coefficient (Wildman–Crippen LogP) is 2.74. The first-order valence-electron chi connectivity index (χ1n) is 4.28. The molecule has 14 heavy (non-hydrogen) atoms. The number of methoxy groups -OCH3 is 1. The van der Waals surface area contributed by atoms with Crippen LogP contribution in [0.4, 0.5) is 0 Å². The number of halogens is 2. The normalized spacial score (nSPS) is 13.1. The summed E-state index contributed by atoms with van der Waals surface area (Å²) in [7, 11) is 1.67. The minimum atomic E-state index is 0.197. The fourth-order valence-electron chi connectivity index (χ4n) is 1.05. The summed E-state index contributed by atoms with van der Waals surface area (Å²) in [6.07, 6.45) is 0. The van der Waals surface area contributed by atoms with Crippen molar-refractivity contribution >= 4 is 34.5 Å². The summed E-state index contributed by atoms with van der Waals surface area (Å²) >= 11 is 13.1. The van der Waals surface area contributed by atoms with E-state index in [0.29, 0.717) is 12.5 Å². The average molecular weight is 254 g/mol. The van der Waals surface area contributed by atoms with Crippen LogP contribution < -0.4 is 5.32 Å². The largest absolute Gasteiger partial charge is 0.383 e. The van der Waals surface area contributed by atoms with Gasteiger partial charge < -0.3 is 10.1 Å². The van der Waals surface area contributed by atoms with Crippen LogP contribution in [-0.2, 0) is 11.3 Å². The van der Waals surface area contributed by atoms with Crippen molar-refractivity contribution in [2.24, 2.45) is 0 Å². The smallest absolute Gasteiger partial charge is 0.0931 e. The number of thiophene rings is 1. The van der Waals surface area contributed by atoms with E-state index in [1.165, 1.54) is 4.88 Å². The standard InChI is InChI=1S/C9H13Cl2NOS/c1-13-6-7(4-10)12-5-8-2-3-9(11)14-8/h2-3,7,12H,4-6H2,1H3. The molecule has 5 heteroatoms. The molecule has 0 bridgehead atoms. The van der Waals surface area contributed by atoms with Crippen LogP contribution in [-0.4, -0.2) is 25.6 Å². The fourth-order valence-corrected chi connectivity index (χ4v) is 2.29. The fraction of sp³-hybridized carbons (Fsp3) is 0.556. The maximum Gasteiger partial charge on any atom is 0.0931 e. The van der Waals surface area contributed by atoms with Crippen molar-refractivity contribution in [2.45, 2.75) is 12.6 Å². The van der Waals surface area contributed by atoms with E-state index >= 15 is 0 Å². The number of hydrogen-bond donors (Lipinski definition) is 1. The van der Waals surface area contributed by atoms with E-state index in [4.69, 9.17) is 27.9 Å². The maximum absolute atomic E-state index is 5.81. The molecule has 0 aliphatic heterocycles. The molecule has 0 radical (unpaired) electrons. The molecule has 0 amide bonds. The summed E-state index contributed by atoms with van der Waals surface area (Å²) in [4.78, 5) is 1.21. The molecule has 1 rings (SSSR count). The lowest BCUT2D eigenvalue weighted by molar-refractivity contribution is 0.173. The second kappa shape index (κ2) is 6.64. The molecule has 1 atom stereocenters. The second-order valence-electron chi connectivity index (χ2n) is 2.89. The zero-order valence-electron chi connectivity index (χ0n) is 7.93. The zero-order chi connectivity index (χ0) is 10.4. The molecule has 80 valence electrons. The number of nitrogens with one attached hydrogen (secondary N) is 1. The Labute approximate surface area is 98.2 Å². The van der Waals surface area contributed by atoms with E-state index in [2.05, 4.69) is 5.32 Å². The van der Waals surface area contributed by atoms with Gasteiger partial charge in [-0.05, 0) is 12.1 Å². The van der Waals surface area contributed by atoms with Gasteiger partial charge in [0.15, 0.2) is 0 Å². The van der Waals surface area contributed by atoms with Crippen LogP contribution in [0.2, 0.25) is 4.34 Å². The molecule has 0 fully saturated rings. The Kier molecular flexibility index (Phi) is 5.82. The zero-order valence-corrected chi connectivity index (χ0v) is 10.3. The maximum atomic E-state index is 5.81. The van der Waals surface area contributed by atoms with Crippen LogP contribution in [0.25, 0.3) is 0 Å². The highest BCUT2D eigenvalue weighted by Gasteiger charge is 2.06. The Balaban J connectivity index is 2.31. The average Bonchev–Trinajstić information content (AvgIpc) is 2.59. The summed E-state index contributed by atoms with van der Waals surface area (Å²) in [6.45, 7) is 1.42. The Bertz CT molecular complexity index is 267. The summed E-state index contributed by atoms with van der Waals surface area (Å²) in [5.74, 6) is 0.549. The lowest BCUT2D eigenvalue weighted by atomic mass is 10.3. The molecule has 1 aromatic heterocycles. The van der Waals surface area contributed by atoms with Gasteiger partial charge in [0.1, 0.15) is 0 Å². The molecule has 0 saturated carbocycles. The molecular weight excluding hydrogens is 241 g/mol. The molecule has 0 spiro atoms. The molecule has 1 N–H and O–H groups in total. The minimum Gasteiger partial charge on any atom is -0.383 e. The third kappa shape index (κ3) is 4.15. The van der Waals surface area contributed by atoms with E-state index in [1.807, 2.05) is 12.1 Å². The van der Waals surface area contributed by atoms with Gasteiger partial charge in [-0.15, -0.1) is 22.9 Å². The van der Waals surface area contributed by atoms with Crippen LogP contribution in [0.5, 0.6) is 0 Å². The number of hydrogen-bond acceptors (Lipinski definition) is 3. The van der Waals surface area contributed by atoms with Crippen molar-refractivity contribution in [1.82, 2.24) is 5.32 Å². The first kappa shape index (κ1) is 12.3. The van der Waals surface area contributed by atoms with Crippen LogP contribution in [0.3, 0.4) is 0 Å². The summed E-state index contributed by atoms with van der Waals surface area (Å²) in [5.41, 5.74) is 0. The molecule has 2 nitrogen and oxygen atoms in total. The molecule has 0 aliphatic carbocycles. The van der Waals surface area contributed by atoms with Gasteiger partial charge in [-0.1, -0.05) is 11.6 Å². The van der Waals surface area contributed by atoms with Gasteiger partial charge in [0.25, 0.3) is 0 Å². The SMILES string of the molecule is COCC(CCl)NCc1ccc(Cl)s1. The quantitative estimate of drug-likeness (QED) is 0.788. The Morgan fingerprint density at radius 2 is 2.36 bits per heavy atom. The van der Waals surface area contributed by atoms with Crippen molar-refractivity contribution in [2.75, 3.05) is 19.6 Å². The van der Waals surface area contributed by atoms with E-state index in [1.54, 1.807) is 18.4 Å². The molecule has 1 heterocycles. The van der Waals surface area contributed by atoms with Gasteiger partial charge in [-0.2, -0.15) is 0 Å². The van der Waals surface area contributed by atoms with Crippen molar-refractivity contribution in [3.05, 3.63) is 21.3 Å². The number of ether oxygens (including phenoxy) is 1. The lowest BCUT2D eigenvalue weighted by Gasteiger charge is -2.13. The Morgan fingerprint density at radius 1 is 1.57 bits per heavy atom. The summed E-state index contributed by atoms with van der Waals surface area (Å²) in [6, 6.07) is 4.11. The first-order chi connectivity index (χ1) is 6.76. The van der Waals surface area contributed by atoms with Crippen LogP contribution >= 0.6 is 34.5 Å². The van der Waals surface area contributed by atoms with Gasteiger partial charge >= 0.3 is 0 Å². The van der Waals surface area contributed by atoms with Gasteiger partial charge in [0, 0.05) is 30.5 Å². The molecule has 1 aromatic rings. The number of alkyl halides is 1. The van der Waals surface area contributed by atoms with Gasteiger partial charge in [0.2, 0.25) is 0 Å².